The van der Waals surface area contributed by atoms with Gasteiger partial charge in [0.25, 0.3) is 5.91 Å². The molecule has 9 nitrogen and oxygen atoms in total. The van der Waals surface area contributed by atoms with Crippen LogP contribution in [0.25, 0.3) is 16.0 Å². The number of benzene rings is 1. The van der Waals surface area contributed by atoms with E-state index in [4.69, 9.17) is 19.2 Å². The normalized spacial score (nSPS) is 17.8. The van der Waals surface area contributed by atoms with Crippen LogP contribution in [0.4, 0.5) is 4.79 Å². The molecule has 1 fully saturated rings. The van der Waals surface area contributed by atoms with E-state index in [0.717, 1.165) is 47.2 Å². The van der Waals surface area contributed by atoms with Crippen molar-refractivity contribution >= 4 is 39.3 Å². The molecule has 1 atom stereocenters. The third-order valence-corrected chi connectivity index (χ3v) is 7.64. The van der Waals surface area contributed by atoms with Crippen molar-refractivity contribution in [3.8, 4) is 0 Å². The fraction of sp³-hybridized carbons (Fsp3) is 0.607. The van der Waals surface area contributed by atoms with E-state index in [-0.39, 0.29) is 17.6 Å². The first kappa shape index (κ1) is 28.3. The molecule has 10 heteroatoms. The van der Waals surface area contributed by atoms with Gasteiger partial charge in [-0.3, -0.25) is 9.20 Å². The summed E-state index contributed by atoms with van der Waals surface area (Å²) in [6.45, 7) is 10.6. The average Bonchev–Trinajstić information content (AvgIpc) is 3.54. The number of rotatable bonds is 10. The van der Waals surface area contributed by atoms with Gasteiger partial charge in [0.15, 0.2) is 4.96 Å². The number of methoxy groups -OCH3 is 1. The summed E-state index contributed by atoms with van der Waals surface area (Å²) in [5.74, 6) is -0.0110. The number of amides is 2. The molecular weight excluding hydrogens is 504 g/mol. The third-order valence-electron chi connectivity index (χ3n) is 6.67. The molecule has 0 spiro atoms. The van der Waals surface area contributed by atoms with Crippen LogP contribution in [0.15, 0.2) is 24.4 Å². The number of ether oxygens (including phenoxy) is 3. The van der Waals surface area contributed by atoms with Crippen molar-refractivity contribution in [2.45, 2.75) is 71.1 Å². The molecule has 4 rings (SSSR count). The Labute approximate surface area is 228 Å². The molecule has 2 aromatic heterocycles. The van der Waals surface area contributed by atoms with E-state index in [1.54, 1.807) is 16.9 Å². The van der Waals surface area contributed by atoms with E-state index in [1.807, 2.05) is 56.6 Å². The number of thiazole rings is 1. The van der Waals surface area contributed by atoms with Crippen LogP contribution in [-0.2, 0) is 20.8 Å². The lowest BCUT2D eigenvalue weighted by molar-refractivity contribution is -0.0260. The van der Waals surface area contributed by atoms with Crippen LogP contribution in [0.1, 0.15) is 68.6 Å². The van der Waals surface area contributed by atoms with Gasteiger partial charge in [0.05, 0.1) is 23.2 Å². The summed E-state index contributed by atoms with van der Waals surface area (Å²) < 4.78 is 18.8. The minimum Gasteiger partial charge on any atom is -0.444 e. The fourth-order valence-corrected chi connectivity index (χ4v) is 5.73. The zero-order valence-corrected chi connectivity index (χ0v) is 24.2. The number of unbranched alkanes of at least 4 members (excludes halogenated alkanes) is 1. The summed E-state index contributed by atoms with van der Waals surface area (Å²) in [6.07, 6.45) is 5.21. The van der Waals surface area contributed by atoms with Gasteiger partial charge in [-0.05, 0) is 71.1 Å². The van der Waals surface area contributed by atoms with Crippen molar-refractivity contribution in [3.05, 3.63) is 34.8 Å². The van der Waals surface area contributed by atoms with Crippen molar-refractivity contribution < 1.29 is 23.8 Å². The molecular formula is C28H40N4O5S. The number of aromatic nitrogens is 2. The second kappa shape index (κ2) is 11.6. The SMILES string of the molecule is COCCCCN(C)C(=O)c1cn2c(nc3ccc(CN(C[C@@]4(C)CCCO4)C(=O)OC(C)(C)C)cc32)s1. The second-order valence-electron chi connectivity index (χ2n) is 11.3. The molecule has 1 aliphatic rings. The lowest BCUT2D eigenvalue weighted by atomic mass is 10.0. The zero-order valence-electron chi connectivity index (χ0n) is 23.4. The maximum Gasteiger partial charge on any atom is 0.410 e. The first-order valence-electron chi connectivity index (χ1n) is 13.2. The molecule has 0 bridgehead atoms. The number of imidazole rings is 1. The van der Waals surface area contributed by atoms with Gasteiger partial charge in [0.2, 0.25) is 0 Å². The molecule has 0 saturated carbocycles. The predicted octanol–water partition coefficient (Wildman–Crippen LogP) is 5.35. The Balaban J connectivity index is 1.55. The van der Waals surface area contributed by atoms with Crippen molar-refractivity contribution in [2.75, 3.05) is 40.5 Å². The van der Waals surface area contributed by atoms with Crippen LogP contribution in [0.5, 0.6) is 0 Å². The molecule has 0 N–H and O–H groups in total. The van der Waals surface area contributed by atoms with E-state index < -0.39 is 5.60 Å². The molecule has 0 radical (unpaired) electrons. The summed E-state index contributed by atoms with van der Waals surface area (Å²) in [4.78, 5) is 35.8. The molecule has 0 unspecified atom stereocenters. The molecule has 208 valence electrons. The Morgan fingerprint density at radius 3 is 2.74 bits per heavy atom. The summed E-state index contributed by atoms with van der Waals surface area (Å²) in [6, 6.07) is 6.00. The van der Waals surface area contributed by atoms with Crippen LogP contribution >= 0.6 is 11.3 Å². The first-order valence-corrected chi connectivity index (χ1v) is 14.1. The zero-order chi connectivity index (χ0) is 27.5. The van der Waals surface area contributed by atoms with Gasteiger partial charge in [-0.25, -0.2) is 9.78 Å². The molecule has 3 aromatic rings. The van der Waals surface area contributed by atoms with E-state index >= 15 is 0 Å². The molecule has 2 amide bonds. The van der Waals surface area contributed by atoms with E-state index in [1.165, 1.54) is 11.3 Å². The Morgan fingerprint density at radius 2 is 2.05 bits per heavy atom. The summed E-state index contributed by atoms with van der Waals surface area (Å²) >= 11 is 1.39. The molecule has 1 aromatic carbocycles. The van der Waals surface area contributed by atoms with Gasteiger partial charge in [-0.2, -0.15) is 0 Å². The van der Waals surface area contributed by atoms with Crippen LogP contribution in [0, 0.1) is 0 Å². The topological polar surface area (TPSA) is 85.6 Å². The Kier molecular flexibility index (Phi) is 8.64. The summed E-state index contributed by atoms with van der Waals surface area (Å²) in [7, 11) is 3.51. The highest BCUT2D eigenvalue weighted by atomic mass is 32.1. The van der Waals surface area contributed by atoms with Gasteiger partial charge >= 0.3 is 6.09 Å². The quantitative estimate of drug-likeness (QED) is 0.320. The molecule has 1 aliphatic heterocycles. The van der Waals surface area contributed by atoms with Gasteiger partial charge in [0, 0.05) is 46.7 Å². The van der Waals surface area contributed by atoms with Crippen molar-refractivity contribution in [2.24, 2.45) is 0 Å². The van der Waals surface area contributed by atoms with E-state index in [0.29, 0.717) is 37.7 Å². The largest absolute Gasteiger partial charge is 0.444 e. The minimum atomic E-state index is -0.592. The highest BCUT2D eigenvalue weighted by Crippen LogP contribution is 2.29. The van der Waals surface area contributed by atoms with Crippen LogP contribution < -0.4 is 0 Å². The highest BCUT2D eigenvalue weighted by Gasteiger charge is 2.35. The van der Waals surface area contributed by atoms with E-state index in [2.05, 4.69) is 6.92 Å². The number of carbonyl (C=O) groups is 2. The average molecular weight is 545 g/mol. The molecule has 1 saturated heterocycles. The van der Waals surface area contributed by atoms with Crippen LogP contribution in [0.3, 0.4) is 0 Å². The lowest BCUT2D eigenvalue weighted by Gasteiger charge is -2.33. The first-order chi connectivity index (χ1) is 18.0. The standard InChI is InChI=1S/C28H40N4O5S/c1-27(2,3)37-26(34)31(19-28(4)12-9-15-36-28)17-20-10-11-21-22(16-20)32-18-23(38-25(32)29-21)24(33)30(5)13-7-8-14-35-6/h10-11,16,18H,7-9,12-15,17,19H2,1-6H3/t28-/m1/s1. The summed E-state index contributed by atoms with van der Waals surface area (Å²) in [5, 5.41) is 0. The number of nitrogens with zero attached hydrogens (tertiary/aromatic N) is 4. The van der Waals surface area contributed by atoms with Gasteiger partial charge in [0.1, 0.15) is 10.5 Å². The van der Waals surface area contributed by atoms with Crippen LogP contribution in [0.2, 0.25) is 0 Å². The number of hydrogen-bond acceptors (Lipinski definition) is 7. The van der Waals surface area contributed by atoms with Crippen molar-refractivity contribution in [3.63, 3.8) is 0 Å². The number of carbonyl (C=O) groups excluding carboxylic acids is 2. The van der Waals surface area contributed by atoms with Gasteiger partial charge < -0.3 is 24.0 Å². The Morgan fingerprint density at radius 1 is 1.26 bits per heavy atom. The fourth-order valence-electron chi connectivity index (χ4n) is 4.73. The highest BCUT2D eigenvalue weighted by molar-refractivity contribution is 7.18. The van der Waals surface area contributed by atoms with E-state index in [9.17, 15) is 9.59 Å². The minimum absolute atomic E-state index is 0.0110. The maximum absolute atomic E-state index is 13.2. The van der Waals surface area contributed by atoms with Crippen molar-refractivity contribution in [1.29, 1.82) is 0 Å². The molecule has 0 aliphatic carbocycles. The van der Waals surface area contributed by atoms with Crippen LogP contribution in [-0.4, -0.2) is 82.8 Å². The third kappa shape index (κ3) is 6.84. The smallest absolute Gasteiger partial charge is 0.410 e. The Hall–Kier alpha value is -2.69. The monoisotopic (exact) mass is 544 g/mol. The predicted molar refractivity (Wildman–Crippen MR) is 149 cm³/mol. The second-order valence-corrected chi connectivity index (χ2v) is 12.4. The molecule has 3 heterocycles. The number of fused-ring (bicyclic) bond motifs is 3. The van der Waals surface area contributed by atoms with Crippen molar-refractivity contribution in [1.82, 2.24) is 19.2 Å². The van der Waals surface area contributed by atoms with Gasteiger partial charge in [-0.1, -0.05) is 17.4 Å². The maximum atomic E-state index is 13.2. The number of hydrogen-bond donors (Lipinski definition) is 0. The van der Waals surface area contributed by atoms with Gasteiger partial charge in [-0.15, -0.1) is 0 Å². The lowest BCUT2D eigenvalue weighted by Crippen LogP contribution is -2.45. The summed E-state index contributed by atoms with van der Waals surface area (Å²) in [5.41, 5.74) is 1.74. The Bertz CT molecular complexity index is 1270. The molecule has 38 heavy (non-hydrogen) atoms.